The van der Waals surface area contributed by atoms with E-state index in [1.165, 1.54) is 18.2 Å². The topological polar surface area (TPSA) is 81.8 Å². The largest absolute Gasteiger partial charge is 0.375 e. The number of benzene rings is 2. The molecule has 0 unspecified atom stereocenters. The molecule has 2 aromatic carbocycles. The fourth-order valence-corrected chi connectivity index (χ4v) is 6.45. The van der Waals surface area contributed by atoms with Crippen LogP contribution in [-0.4, -0.2) is 85.1 Å². The number of hydrogen-bond acceptors (Lipinski definition) is 8. The predicted octanol–water partition coefficient (Wildman–Crippen LogP) is 4.61. The summed E-state index contributed by atoms with van der Waals surface area (Å²) in [6.45, 7) is 7.29. The highest BCUT2D eigenvalue weighted by atomic mass is 35.5. The van der Waals surface area contributed by atoms with Gasteiger partial charge in [-0.2, -0.15) is 0 Å². The van der Waals surface area contributed by atoms with Crippen molar-refractivity contribution in [3.05, 3.63) is 53.6 Å². The molecule has 208 valence electrons. The first-order valence-electron chi connectivity index (χ1n) is 12.9. The lowest BCUT2D eigenvalue weighted by Gasteiger charge is -2.44. The Kier molecular flexibility index (Phi) is 6.76. The molecule has 2 N–H and O–H groups in total. The number of anilines is 3. The fourth-order valence-electron chi connectivity index (χ4n) is 5.39. The van der Waals surface area contributed by atoms with Crippen LogP contribution in [0.4, 0.5) is 25.4 Å². The molecule has 2 fully saturated rings. The van der Waals surface area contributed by atoms with Gasteiger partial charge in [0.25, 0.3) is 0 Å². The molecule has 2 aliphatic heterocycles. The SMILES string of the molecule is C=CC(=O)N1CCN(c2cc(N3CC(N(C)C)C3)nc3c(F)c(-c4ccc(F)c5sc(N)nc45)c(Cl)cc23)CC1. The number of nitrogens with zero attached hydrogens (tertiary/aromatic N) is 6. The number of fused-ring (bicyclic) bond motifs is 2. The van der Waals surface area contributed by atoms with E-state index in [1.54, 1.807) is 11.0 Å². The number of hydrogen-bond donors (Lipinski definition) is 1. The van der Waals surface area contributed by atoms with Crippen LogP contribution in [0, 0.1) is 11.6 Å². The van der Waals surface area contributed by atoms with Crippen molar-refractivity contribution in [2.75, 3.05) is 68.9 Å². The third-order valence-corrected chi connectivity index (χ3v) is 8.96. The second-order valence-corrected chi connectivity index (χ2v) is 11.7. The fraction of sp³-hybridized carbons (Fsp3) is 0.321. The minimum atomic E-state index is -0.602. The standard InChI is InChI=1S/C28H28ClF2N7OS/c1-4-22(39)37-9-7-36(8-10-37)20-12-21(38-13-15(14-38)35(2)3)33-25-17(20)11-18(29)23(24(25)31)16-5-6-19(30)27-26(16)34-28(32)40-27/h4-6,11-12,15H,1,7-10,13-14H2,2-3H3,(H2,32,34). The highest BCUT2D eigenvalue weighted by Crippen LogP contribution is 2.43. The molecule has 2 aliphatic rings. The monoisotopic (exact) mass is 583 g/mol. The van der Waals surface area contributed by atoms with Crippen molar-refractivity contribution in [3.63, 3.8) is 0 Å². The van der Waals surface area contributed by atoms with Crippen LogP contribution in [0.25, 0.3) is 32.2 Å². The molecule has 4 heterocycles. The van der Waals surface area contributed by atoms with E-state index >= 15 is 4.39 Å². The van der Waals surface area contributed by atoms with Crippen LogP contribution < -0.4 is 15.5 Å². The number of halogens is 3. The zero-order chi connectivity index (χ0) is 28.3. The van der Waals surface area contributed by atoms with Gasteiger partial charge >= 0.3 is 0 Å². The van der Waals surface area contributed by atoms with E-state index in [-0.39, 0.29) is 37.4 Å². The van der Waals surface area contributed by atoms with Crippen molar-refractivity contribution in [1.82, 2.24) is 19.8 Å². The smallest absolute Gasteiger partial charge is 0.246 e. The molecule has 0 spiro atoms. The van der Waals surface area contributed by atoms with Crippen molar-refractivity contribution in [2.45, 2.75) is 6.04 Å². The third kappa shape index (κ3) is 4.42. The summed E-state index contributed by atoms with van der Waals surface area (Å²) in [5.41, 5.74) is 7.58. The van der Waals surface area contributed by atoms with Gasteiger partial charge in [0.05, 0.1) is 20.9 Å². The Hall–Kier alpha value is -3.54. The Morgan fingerprint density at radius 3 is 2.52 bits per heavy atom. The van der Waals surface area contributed by atoms with E-state index < -0.39 is 11.6 Å². The number of piperazine rings is 1. The van der Waals surface area contributed by atoms with Gasteiger partial charge in [0.15, 0.2) is 10.9 Å². The minimum absolute atomic E-state index is 0.108. The van der Waals surface area contributed by atoms with Crippen LogP contribution in [0.1, 0.15) is 0 Å². The van der Waals surface area contributed by atoms with Crippen LogP contribution in [0.5, 0.6) is 0 Å². The molecule has 1 amide bonds. The molecule has 40 heavy (non-hydrogen) atoms. The van der Waals surface area contributed by atoms with Crippen molar-refractivity contribution in [1.29, 1.82) is 0 Å². The molecule has 0 aliphatic carbocycles. The molecule has 2 saturated heterocycles. The van der Waals surface area contributed by atoms with Gasteiger partial charge in [-0.1, -0.05) is 29.5 Å². The molecule has 0 saturated carbocycles. The van der Waals surface area contributed by atoms with Crippen molar-refractivity contribution in [2.24, 2.45) is 0 Å². The van der Waals surface area contributed by atoms with Crippen molar-refractivity contribution in [3.8, 4) is 11.1 Å². The van der Waals surface area contributed by atoms with Crippen LogP contribution in [0.15, 0.2) is 36.9 Å². The van der Waals surface area contributed by atoms with E-state index in [0.717, 1.165) is 30.1 Å². The summed E-state index contributed by atoms with van der Waals surface area (Å²) >= 11 is 7.77. The lowest BCUT2D eigenvalue weighted by molar-refractivity contribution is -0.126. The third-order valence-electron chi connectivity index (χ3n) is 7.77. The first-order valence-corrected chi connectivity index (χ1v) is 14.1. The Bertz CT molecular complexity index is 1660. The quantitative estimate of drug-likeness (QED) is 0.344. The average molecular weight is 584 g/mol. The lowest BCUT2D eigenvalue weighted by atomic mass is 9.99. The van der Waals surface area contributed by atoms with Gasteiger partial charge in [-0.05, 0) is 38.4 Å². The molecule has 4 aromatic rings. The van der Waals surface area contributed by atoms with E-state index in [2.05, 4.69) is 26.3 Å². The zero-order valence-electron chi connectivity index (χ0n) is 22.1. The van der Waals surface area contributed by atoms with Crippen LogP contribution in [0.2, 0.25) is 5.02 Å². The lowest BCUT2D eigenvalue weighted by Crippen LogP contribution is -2.57. The predicted molar refractivity (Wildman–Crippen MR) is 158 cm³/mol. The summed E-state index contributed by atoms with van der Waals surface area (Å²) < 4.78 is 31.3. The number of carbonyl (C=O) groups is 1. The number of amides is 1. The molecule has 0 bridgehead atoms. The summed E-state index contributed by atoms with van der Waals surface area (Å²) in [5.74, 6) is -0.521. The number of pyridine rings is 1. The van der Waals surface area contributed by atoms with Crippen LogP contribution in [-0.2, 0) is 4.79 Å². The second kappa shape index (κ2) is 10.1. The zero-order valence-corrected chi connectivity index (χ0v) is 23.7. The van der Waals surface area contributed by atoms with Gasteiger partial charge in [-0.25, -0.2) is 18.7 Å². The number of carbonyl (C=O) groups excluding carboxylic acids is 1. The van der Waals surface area contributed by atoms with Gasteiger partial charge in [-0.3, -0.25) is 4.79 Å². The van der Waals surface area contributed by atoms with Gasteiger partial charge in [0.2, 0.25) is 5.91 Å². The van der Waals surface area contributed by atoms with Gasteiger partial charge in [0, 0.05) is 67.9 Å². The highest BCUT2D eigenvalue weighted by molar-refractivity contribution is 7.22. The second-order valence-electron chi connectivity index (χ2n) is 10.3. The first-order chi connectivity index (χ1) is 19.2. The summed E-state index contributed by atoms with van der Waals surface area (Å²) in [4.78, 5) is 29.4. The van der Waals surface area contributed by atoms with E-state index in [1.807, 2.05) is 20.2 Å². The number of likely N-dealkylation sites (N-methyl/N-ethyl adjacent to an activating group) is 1. The molecular weight excluding hydrogens is 556 g/mol. The maximum absolute atomic E-state index is 16.6. The number of nitrogen functional groups attached to an aromatic ring is 1. The van der Waals surface area contributed by atoms with Gasteiger partial charge < -0.3 is 25.3 Å². The number of aromatic nitrogens is 2. The van der Waals surface area contributed by atoms with Crippen LogP contribution >= 0.6 is 22.9 Å². The molecule has 6 rings (SSSR count). The van der Waals surface area contributed by atoms with E-state index in [0.29, 0.717) is 49.0 Å². The van der Waals surface area contributed by atoms with Gasteiger partial charge in [0.1, 0.15) is 17.2 Å². The van der Waals surface area contributed by atoms with E-state index in [9.17, 15) is 9.18 Å². The summed E-state index contributed by atoms with van der Waals surface area (Å²) in [6, 6.07) is 6.82. The molecule has 0 radical (unpaired) electrons. The maximum atomic E-state index is 16.6. The molecule has 0 atom stereocenters. The van der Waals surface area contributed by atoms with Crippen molar-refractivity contribution >= 4 is 66.6 Å². The number of thiazole rings is 1. The maximum Gasteiger partial charge on any atom is 0.246 e. The van der Waals surface area contributed by atoms with Gasteiger partial charge in [-0.15, -0.1) is 0 Å². The number of rotatable bonds is 5. The summed E-state index contributed by atoms with van der Waals surface area (Å²) in [7, 11) is 4.07. The summed E-state index contributed by atoms with van der Waals surface area (Å²) in [5, 5.41) is 0.917. The average Bonchev–Trinajstić information content (AvgIpc) is 3.31. The van der Waals surface area contributed by atoms with E-state index in [4.69, 9.17) is 22.3 Å². The Morgan fingerprint density at radius 1 is 1.12 bits per heavy atom. The molecule has 12 heteroatoms. The molecule has 8 nitrogen and oxygen atoms in total. The molecular formula is C28H28ClF2N7OS. The minimum Gasteiger partial charge on any atom is -0.375 e. The Balaban J connectivity index is 1.50. The van der Waals surface area contributed by atoms with Crippen molar-refractivity contribution < 1.29 is 13.6 Å². The summed E-state index contributed by atoms with van der Waals surface area (Å²) in [6.07, 6.45) is 1.32. The molecule has 2 aromatic heterocycles. The number of nitrogens with two attached hydrogens (primary N) is 1. The normalized spacial score (nSPS) is 16.3. The first kappa shape index (κ1) is 26.7. The Labute approximate surface area is 239 Å². The van der Waals surface area contributed by atoms with Crippen LogP contribution in [0.3, 0.4) is 0 Å². The Morgan fingerprint density at radius 2 is 1.85 bits per heavy atom. The highest BCUT2D eigenvalue weighted by Gasteiger charge is 2.32.